The predicted molar refractivity (Wildman–Crippen MR) is 89.9 cm³/mol. The highest BCUT2D eigenvalue weighted by Gasteiger charge is 2.44. The van der Waals surface area contributed by atoms with Gasteiger partial charge in [0, 0.05) is 11.6 Å². The molecule has 1 aliphatic rings. The third-order valence-corrected chi connectivity index (χ3v) is 3.79. The number of ether oxygens (including phenoxy) is 1. The highest BCUT2D eigenvalue weighted by Crippen LogP contribution is 2.19. The number of nitrogens with zero attached hydrogens (tertiary/aromatic N) is 1. The molecule has 140 valence electrons. The molecule has 1 aromatic carbocycles. The Labute approximate surface area is 153 Å². The number of esters is 1. The van der Waals surface area contributed by atoms with Gasteiger partial charge in [-0.05, 0) is 32.0 Å². The summed E-state index contributed by atoms with van der Waals surface area (Å²) >= 11 is 5.71. The monoisotopic (exact) mass is 385 g/mol. The molecule has 10 heteroatoms. The summed E-state index contributed by atoms with van der Waals surface area (Å²) in [6, 6.07) is 3.03. The van der Waals surface area contributed by atoms with Gasteiger partial charge in [-0.25, -0.2) is 9.18 Å². The maximum absolute atomic E-state index is 13.5. The van der Waals surface area contributed by atoms with Crippen LogP contribution in [-0.4, -0.2) is 47.4 Å². The van der Waals surface area contributed by atoms with Gasteiger partial charge in [0.2, 0.25) is 0 Å². The normalized spacial score (nSPS) is 15.6. The number of carbonyl (C=O) groups excluding carboxylic acids is 4. The molecule has 1 saturated heterocycles. The first-order chi connectivity index (χ1) is 12.1. The van der Waals surface area contributed by atoms with Crippen molar-refractivity contribution < 1.29 is 28.3 Å². The number of rotatable bonds is 6. The van der Waals surface area contributed by atoms with Crippen LogP contribution < -0.4 is 10.6 Å². The topological polar surface area (TPSA) is 105 Å². The Balaban J connectivity index is 1.78. The largest absolute Gasteiger partial charge is 0.456 e. The molecule has 0 unspecified atom stereocenters. The second-order valence-corrected chi connectivity index (χ2v) is 6.53. The van der Waals surface area contributed by atoms with Gasteiger partial charge in [-0.15, -0.1) is 0 Å². The number of halogens is 2. The van der Waals surface area contributed by atoms with E-state index < -0.39 is 41.8 Å². The van der Waals surface area contributed by atoms with Gasteiger partial charge in [-0.1, -0.05) is 11.6 Å². The molecule has 1 heterocycles. The first-order valence-corrected chi connectivity index (χ1v) is 8.02. The summed E-state index contributed by atoms with van der Waals surface area (Å²) in [7, 11) is 0. The van der Waals surface area contributed by atoms with Crippen LogP contribution in [0.5, 0.6) is 0 Å². The van der Waals surface area contributed by atoms with Gasteiger partial charge in [-0.3, -0.25) is 19.3 Å². The number of hydrogen-bond donors (Lipinski definition) is 2. The van der Waals surface area contributed by atoms with E-state index in [2.05, 4.69) is 10.6 Å². The number of anilines is 1. The molecular weight excluding hydrogens is 369 g/mol. The zero-order valence-corrected chi connectivity index (χ0v) is 14.9. The lowest BCUT2D eigenvalue weighted by Crippen LogP contribution is -2.40. The molecule has 1 aliphatic heterocycles. The zero-order chi connectivity index (χ0) is 19.5. The van der Waals surface area contributed by atoms with Crippen molar-refractivity contribution in [2.45, 2.75) is 25.8 Å². The summed E-state index contributed by atoms with van der Waals surface area (Å²) in [6.07, 6.45) is -0.270. The van der Waals surface area contributed by atoms with E-state index in [0.717, 1.165) is 11.0 Å². The van der Waals surface area contributed by atoms with Crippen LogP contribution in [-0.2, 0) is 19.1 Å². The summed E-state index contributed by atoms with van der Waals surface area (Å²) in [5.41, 5.74) is -1.16. The van der Waals surface area contributed by atoms with Crippen molar-refractivity contribution in [1.29, 1.82) is 0 Å². The Morgan fingerprint density at radius 3 is 2.65 bits per heavy atom. The SMILES string of the molecule is CC1(C)NC(=O)N(CCC(=O)OCC(=O)Nc2cc(Cl)ccc2F)C1=O. The molecule has 0 aliphatic carbocycles. The van der Waals surface area contributed by atoms with E-state index in [1.54, 1.807) is 13.8 Å². The van der Waals surface area contributed by atoms with Gasteiger partial charge in [0.15, 0.2) is 6.61 Å². The minimum absolute atomic E-state index is 0.139. The molecule has 4 amide bonds. The predicted octanol–water partition coefficient (Wildman–Crippen LogP) is 1.68. The maximum atomic E-state index is 13.5. The van der Waals surface area contributed by atoms with Gasteiger partial charge in [0.25, 0.3) is 11.8 Å². The minimum Gasteiger partial charge on any atom is -0.456 e. The molecule has 0 saturated carbocycles. The van der Waals surface area contributed by atoms with E-state index in [1.807, 2.05) is 0 Å². The average molecular weight is 386 g/mol. The summed E-state index contributed by atoms with van der Waals surface area (Å²) in [5, 5.41) is 4.93. The van der Waals surface area contributed by atoms with Gasteiger partial charge < -0.3 is 15.4 Å². The van der Waals surface area contributed by atoms with Gasteiger partial charge in [-0.2, -0.15) is 0 Å². The Morgan fingerprint density at radius 1 is 1.35 bits per heavy atom. The molecule has 0 radical (unpaired) electrons. The lowest BCUT2D eigenvalue weighted by molar-refractivity contribution is -0.147. The number of urea groups is 1. The van der Waals surface area contributed by atoms with E-state index in [9.17, 15) is 23.6 Å². The van der Waals surface area contributed by atoms with Crippen LogP contribution in [0.2, 0.25) is 5.02 Å². The second kappa shape index (κ2) is 7.69. The van der Waals surface area contributed by atoms with E-state index >= 15 is 0 Å². The van der Waals surface area contributed by atoms with Crippen molar-refractivity contribution in [3.8, 4) is 0 Å². The second-order valence-electron chi connectivity index (χ2n) is 6.09. The fourth-order valence-electron chi connectivity index (χ4n) is 2.22. The number of nitrogens with one attached hydrogen (secondary N) is 2. The van der Waals surface area contributed by atoms with E-state index in [0.29, 0.717) is 0 Å². The zero-order valence-electron chi connectivity index (χ0n) is 14.1. The lowest BCUT2D eigenvalue weighted by Gasteiger charge is -2.15. The molecule has 2 rings (SSSR count). The number of benzene rings is 1. The van der Waals surface area contributed by atoms with Crippen molar-refractivity contribution in [3.63, 3.8) is 0 Å². The first-order valence-electron chi connectivity index (χ1n) is 7.65. The van der Waals surface area contributed by atoms with Crippen molar-refractivity contribution >= 4 is 41.1 Å². The molecule has 1 aromatic rings. The van der Waals surface area contributed by atoms with Crippen LogP contribution in [0.25, 0.3) is 0 Å². The van der Waals surface area contributed by atoms with E-state index in [1.165, 1.54) is 12.1 Å². The molecule has 2 N–H and O–H groups in total. The van der Waals surface area contributed by atoms with Crippen LogP contribution in [0, 0.1) is 5.82 Å². The molecule has 0 aromatic heterocycles. The number of imide groups is 1. The Kier molecular flexibility index (Phi) is 5.81. The van der Waals surface area contributed by atoms with Crippen LogP contribution in [0.1, 0.15) is 20.3 Å². The van der Waals surface area contributed by atoms with Gasteiger partial charge >= 0.3 is 12.0 Å². The molecule has 0 bridgehead atoms. The Hall–Kier alpha value is -2.68. The summed E-state index contributed by atoms with van der Waals surface area (Å²) in [5.74, 6) is -2.67. The van der Waals surface area contributed by atoms with Crippen molar-refractivity contribution in [2.75, 3.05) is 18.5 Å². The Morgan fingerprint density at radius 2 is 2.04 bits per heavy atom. The van der Waals surface area contributed by atoms with Crippen molar-refractivity contribution in [2.24, 2.45) is 0 Å². The standard InChI is InChI=1S/C16H17ClFN3O5/c1-16(2)14(24)21(15(25)20-16)6-5-13(23)26-8-12(22)19-11-7-9(17)3-4-10(11)18/h3-4,7H,5-6,8H2,1-2H3,(H,19,22)(H,20,25). The minimum atomic E-state index is -1.03. The van der Waals surface area contributed by atoms with Crippen LogP contribution >= 0.6 is 11.6 Å². The van der Waals surface area contributed by atoms with Gasteiger partial charge in [0.05, 0.1) is 12.1 Å². The molecule has 0 spiro atoms. The average Bonchev–Trinajstić information content (AvgIpc) is 2.75. The van der Waals surface area contributed by atoms with Crippen LogP contribution in [0.4, 0.5) is 14.9 Å². The van der Waals surface area contributed by atoms with Crippen LogP contribution in [0.3, 0.4) is 0 Å². The maximum Gasteiger partial charge on any atom is 0.325 e. The molecular formula is C16H17ClFN3O5. The van der Waals surface area contributed by atoms with E-state index in [4.69, 9.17) is 16.3 Å². The van der Waals surface area contributed by atoms with Crippen molar-refractivity contribution in [1.82, 2.24) is 10.2 Å². The highest BCUT2D eigenvalue weighted by molar-refractivity contribution is 6.30. The fourth-order valence-corrected chi connectivity index (χ4v) is 2.39. The number of amides is 4. The Bertz CT molecular complexity index is 768. The number of carbonyl (C=O) groups is 4. The smallest absolute Gasteiger partial charge is 0.325 e. The highest BCUT2D eigenvalue weighted by atomic mass is 35.5. The molecule has 8 nitrogen and oxygen atoms in total. The van der Waals surface area contributed by atoms with E-state index in [-0.39, 0.29) is 23.7 Å². The third-order valence-electron chi connectivity index (χ3n) is 3.55. The molecule has 1 fully saturated rings. The summed E-state index contributed by atoms with van der Waals surface area (Å²) in [6.45, 7) is 2.28. The lowest BCUT2D eigenvalue weighted by atomic mass is 10.1. The summed E-state index contributed by atoms with van der Waals surface area (Å²) in [4.78, 5) is 47.9. The fraction of sp³-hybridized carbons (Fsp3) is 0.375. The van der Waals surface area contributed by atoms with Crippen molar-refractivity contribution in [3.05, 3.63) is 29.0 Å². The third kappa shape index (κ3) is 4.69. The summed E-state index contributed by atoms with van der Waals surface area (Å²) < 4.78 is 18.3. The van der Waals surface area contributed by atoms with Gasteiger partial charge in [0.1, 0.15) is 11.4 Å². The van der Waals surface area contributed by atoms with Crippen LogP contribution in [0.15, 0.2) is 18.2 Å². The molecule has 0 atom stereocenters. The quantitative estimate of drug-likeness (QED) is 0.572. The molecule has 26 heavy (non-hydrogen) atoms. The first kappa shape index (κ1) is 19.6. The number of hydrogen-bond acceptors (Lipinski definition) is 5.